The number of hydrogen-bond acceptors (Lipinski definition) is 2. The SMILES string of the molecule is CCN(c1cc(Br)ccc1CNC1CC1)C1CCCCC1. The van der Waals surface area contributed by atoms with Gasteiger partial charge in [0, 0.05) is 35.3 Å². The second-order valence-electron chi connectivity index (χ2n) is 6.51. The van der Waals surface area contributed by atoms with Gasteiger partial charge in [-0.1, -0.05) is 41.3 Å². The van der Waals surface area contributed by atoms with Gasteiger partial charge in [0.1, 0.15) is 0 Å². The van der Waals surface area contributed by atoms with E-state index in [1.165, 1.54) is 60.7 Å². The molecule has 3 rings (SSSR count). The van der Waals surface area contributed by atoms with Gasteiger partial charge in [-0.3, -0.25) is 0 Å². The van der Waals surface area contributed by atoms with Crippen LogP contribution in [0.15, 0.2) is 22.7 Å². The number of benzene rings is 1. The number of halogens is 1. The molecule has 0 bridgehead atoms. The van der Waals surface area contributed by atoms with Crippen molar-refractivity contribution < 1.29 is 0 Å². The van der Waals surface area contributed by atoms with Crippen molar-refractivity contribution in [2.75, 3.05) is 11.4 Å². The van der Waals surface area contributed by atoms with Gasteiger partial charge < -0.3 is 10.2 Å². The zero-order chi connectivity index (χ0) is 14.7. The van der Waals surface area contributed by atoms with Gasteiger partial charge in [-0.25, -0.2) is 0 Å². The second-order valence-corrected chi connectivity index (χ2v) is 7.42. The topological polar surface area (TPSA) is 15.3 Å². The summed E-state index contributed by atoms with van der Waals surface area (Å²) in [7, 11) is 0. The predicted octanol–water partition coefficient (Wildman–Crippen LogP) is 4.86. The lowest BCUT2D eigenvalue weighted by atomic mass is 9.93. The van der Waals surface area contributed by atoms with Gasteiger partial charge in [0.25, 0.3) is 0 Å². The van der Waals surface area contributed by atoms with Crippen LogP contribution in [0.3, 0.4) is 0 Å². The molecule has 2 aliphatic rings. The van der Waals surface area contributed by atoms with Crippen LogP contribution in [0.25, 0.3) is 0 Å². The molecule has 0 amide bonds. The minimum atomic E-state index is 0.734. The predicted molar refractivity (Wildman–Crippen MR) is 93.9 cm³/mol. The molecular weight excluding hydrogens is 324 g/mol. The molecule has 2 fully saturated rings. The molecular formula is C18H27BrN2. The molecule has 0 aromatic heterocycles. The minimum Gasteiger partial charge on any atom is -0.369 e. The minimum absolute atomic E-state index is 0.734. The standard InChI is InChI=1S/C18H27BrN2/c1-2-21(17-6-4-3-5-7-17)18-12-15(19)9-8-14(18)13-20-16-10-11-16/h8-9,12,16-17,20H,2-7,10-11,13H2,1H3. The van der Waals surface area contributed by atoms with Crippen LogP contribution in [0.1, 0.15) is 57.4 Å². The molecule has 0 unspecified atom stereocenters. The van der Waals surface area contributed by atoms with Crippen molar-refractivity contribution in [2.24, 2.45) is 0 Å². The molecule has 2 aliphatic carbocycles. The van der Waals surface area contributed by atoms with Crippen LogP contribution in [0, 0.1) is 0 Å². The maximum absolute atomic E-state index is 3.67. The Morgan fingerprint density at radius 3 is 2.57 bits per heavy atom. The number of hydrogen-bond donors (Lipinski definition) is 1. The smallest absolute Gasteiger partial charge is 0.0425 e. The molecule has 2 nitrogen and oxygen atoms in total. The zero-order valence-electron chi connectivity index (χ0n) is 13.1. The van der Waals surface area contributed by atoms with Crippen LogP contribution in [0.2, 0.25) is 0 Å². The molecule has 0 saturated heterocycles. The van der Waals surface area contributed by atoms with Gasteiger partial charge in [0.15, 0.2) is 0 Å². The van der Waals surface area contributed by atoms with Gasteiger partial charge in [-0.15, -0.1) is 0 Å². The molecule has 116 valence electrons. The first kappa shape index (κ1) is 15.4. The summed E-state index contributed by atoms with van der Waals surface area (Å²) in [6.07, 6.45) is 9.63. The van der Waals surface area contributed by atoms with E-state index in [0.717, 1.165) is 25.2 Å². The quantitative estimate of drug-likeness (QED) is 0.787. The third kappa shape index (κ3) is 4.01. The van der Waals surface area contributed by atoms with Crippen molar-refractivity contribution in [3.8, 4) is 0 Å². The maximum Gasteiger partial charge on any atom is 0.0425 e. The van der Waals surface area contributed by atoms with Crippen molar-refractivity contribution in [1.82, 2.24) is 5.32 Å². The van der Waals surface area contributed by atoms with Gasteiger partial charge in [-0.05, 0) is 50.3 Å². The van der Waals surface area contributed by atoms with E-state index in [1.807, 2.05) is 0 Å². The highest BCUT2D eigenvalue weighted by molar-refractivity contribution is 9.10. The summed E-state index contributed by atoms with van der Waals surface area (Å²) in [5.74, 6) is 0. The van der Waals surface area contributed by atoms with Crippen LogP contribution >= 0.6 is 15.9 Å². The first-order valence-corrected chi connectivity index (χ1v) is 9.35. The molecule has 2 saturated carbocycles. The van der Waals surface area contributed by atoms with E-state index < -0.39 is 0 Å². The fourth-order valence-electron chi connectivity index (χ4n) is 3.51. The van der Waals surface area contributed by atoms with Crippen molar-refractivity contribution in [2.45, 2.75) is 70.5 Å². The van der Waals surface area contributed by atoms with Gasteiger partial charge in [0.2, 0.25) is 0 Å². The fraction of sp³-hybridized carbons (Fsp3) is 0.667. The van der Waals surface area contributed by atoms with Crippen LogP contribution in [0.4, 0.5) is 5.69 Å². The summed E-state index contributed by atoms with van der Waals surface area (Å²) in [6.45, 7) is 4.42. The fourth-order valence-corrected chi connectivity index (χ4v) is 3.86. The summed E-state index contributed by atoms with van der Waals surface area (Å²) in [5, 5.41) is 3.67. The van der Waals surface area contributed by atoms with Crippen LogP contribution in [-0.4, -0.2) is 18.6 Å². The van der Waals surface area contributed by atoms with E-state index in [-0.39, 0.29) is 0 Å². The Morgan fingerprint density at radius 1 is 1.14 bits per heavy atom. The van der Waals surface area contributed by atoms with E-state index in [2.05, 4.69) is 51.3 Å². The lowest BCUT2D eigenvalue weighted by Crippen LogP contribution is -2.37. The monoisotopic (exact) mass is 350 g/mol. The third-order valence-electron chi connectivity index (χ3n) is 4.87. The van der Waals surface area contributed by atoms with Crippen molar-refractivity contribution >= 4 is 21.6 Å². The Bertz CT molecular complexity index is 464. The van der Waals surface area contributed by atoms with Crippen molar-refractivity contribution in [1.29, 1.82) is 0 Å². The molecule has 0 heterocycles. The first-order valence-electron chi connectivity index (χ1n) is 8.56. The van der Waals surface area contributed by atoms with Crippen LogP contribution in [0.5, 0.6) is 0 Å². The number of rotatable bonds is 6. The summed E-state index contributed by atoms with van der Waals surface area (Å²) < 4.78 is 1.20. The van der Waals surface area contributed by atoms with Gasteiger partial charge >= 0.3 is 0 Å². The van der Waals surface area contributed by atoms with Crippen molar-refractivity contribution in [3.05, 3.63) is 28.2 Å². The Balaban J connectivity index is 1.80. The number of nitrogens with one attached hydrogen (secondary N) is 1. The van der Waals surface area contributed by atoms with E-state index in [0.29, 0.717) is 0 Å². The average molecular weight is 351 g/mol. The van der Waals surface area contributed by atoms with Crippen molar-refractivity contribution in [3.63, 3.8) is 0 Å². The highest BCUT2D eigenvalue weighted by atomic mass is 79.9. The highest BCUT2D eigenvalue weighted by Gasteiger charge is 2.24. The molecule has 1 N–H and O–H groups in total. The zero-order valence-corrected chi connectivity index (χ0v) is 14.7. The Labute approximate surface area is 137 Å². The highest BCUT2D eigenvalue weighted by Crippen LogP contribution is 2.32. The first-order chi connectivity index (χ1) is 10.3. The number of nitrogens with zero attached hydrogens (tertiary/aromatic N) is 1. The summed E-state index contributed by atoms with van der Waals surface area (Å²) in [5.41, 5.74) is 2.89. The number of anilines is 1. The second kappa shape index (κ2) is 7.15. The molecule has 0 aliphatic heterocycles. The molecule has 1 aromatic rings. The van der Waals surface area contributed by atoms with Crippen LogP contribution in [-0.2, 0) is 6.54 Å². The van der Waals surface area contributed by atoms with Gasteiger partial charge in [0.05, 0.1) is 0 Å². The lowest BCUT2D eigenvalue weighted by Gasteiger charge is -2.36. The summed E-state index contributed by atoms with van der Waals surface area (Å²) in [6, 6.07) is 8.30. The molecule has 0 spiro atoms. The third-order valence-corrected chi connectivity index (χ3v) is 5.36. The van der Waals surface area contributed by atoms with E-state index >= 15 is 0 Å². The molecule has 0 atom stereocenters. The van der Waals surface area contributed by atoms with E-state index in [9.17, 15) is 0 Å². The van der Waals surface area contributed by atoms with Crippen LogP contribution < -0.4 is 10.2 Å². The maximum atomic E-state index is 3.67. The Kier molecular flexibility index (Phi) is 5.23. The van der Waals surface area contributed by atoms with E-state index in [4.69, 9.17) is 0 Å². The molecule has 21 heavy (non-hydrogen) atoms. The molecule has 1 aromatic carbocycles. The molecule has 3 heteroatoms. The lowest BCUT2D eigenvalue weighted by molar-refractivity contribution is 0.417. The summed E-state index contributed by atoms with van der Waals surface area (Å²) in [4.78, 5) is 2.65. The Morgan fingerprint density at radius 2 is 1.90 bits per heavy atom. The van der Waals surface area contributed by atoms with E-state index in [1.54, 1.807) is 0 Å². The Hall–Kier alpha value is -0.540. The van der Waals surface area contributed by atoms with Gasteiger partial charge in [-0.2, -0.15) is 0 Å². The normalized spacial score (nSPS) is 19.7. The molecule has 0 radical (unpaired) electrons. The average Bonchev–Trinajstić information content (AvgIpc) is 3.33. The largest absolute Gasteiger partial charge is 0.369 e. The summed E-state index contributed by atoms with van der Waals surface area (Å²) >= 11 is 3.66.